The van der Waals surface area contributed by atoms with Gasteiger partial charge in [-0.15, -0.1) is 0 Å². The van der Waals surface area contributed by atoms with Crippen molar-refractivity contribution in [3.05, 3.63) is 83.1 Å². The van der Waals surface area contributed by atoms with Crippen LogP contribution in [0.15, 0.2) is 65.4 Å². The van der Waals surface area contributed by atoms with Crippen molar-refractivity contribution >= 4 is 17.5 Å². The smallest absolute Gasteiger partial charge is 0.187 e. The zero-order valence-corrected chi connectivity index (χ0v) is 10.2. The highest BCUT2D eigenvalue weighted by molar-refractivity contribution is 5.88. The summed E-state index contributed by atoms with van der Waals surface area (Å²) in [7, 11) is 0. The van der Waals surface area contributed by atoms with Gasteiger partial charge in [0.25, 0.3) is 0 Å². The number of hydrogen-bond donors (Lipinski definition) is 1. The SMILES string of the molecule is [C-]#[N+]c1ccc(C(=C2C=CC=N2)c2ccc[nH]2)cc1. The predicted molar refractivity (Wildman–Crippen MR) is 77.2 cm³/mol. The molecule has 0 unspecified atom stereocenters. The normalized spacial score (nSPS) is 15.5. The van der Waals surface area contributed by atoms with E-state index in [-0.39, 0.29) is 0 Å². The highest BCUT2D eigenvalue weighted by atomic mass is 14.8. The number of nitrogens with zero attached hydrogens (tertiary/aromatic N) is 2. The average Bonchev–Trinajstić information content (AvgIpc) is 3.13. The summed E-state index contributed by atoms with van der Waals surface area (Å²) >= 11 is 0. The number of nitrogens with one attached hydrogen (secondary N) is 1. The Balaban J connectivity index is 2.15. The molecule has 1 aliphatic rings. The maximum Gasteiger partial charge on any atom is 0.187 e. The minimum atomic E-state index is 0.644. The molecule has 0 spiro atoms. The standard InChI is InChI=1S/C16H11N3/c1-17-13-8-6-12(7-9-13)16(14-4-2-10-18-14)15-5-3-11-19-15/h2-11,18H. The number of rotatable bonds is 2. The lowest BCUT2D eigenvalue weighted by Gasteiger charge is -2.08. The number of aromatic amines is 1. The molecule has 19 heavy (non-hydrogen) atoms. The van der Waals surface area contributed by atoms with Crippen molar-refractivity contribution in [3.63, 3.8) is 0 Å². The molecule has 0 saturated heterocycles. The molecule has 3 heteroatoms. The number of allylic oxidation sites excluding steroid dienone is 2. The molecule has 2 heterocycles. The van der Waals surface area contributed by atoms with E-state index in [1.54, 1.807) is 6.21 Å². The van der Waals surface area contributed by atoms with E-state index in [9.17, 15) is 0 Å². The molecule has 0 aliphatic carbocycles. The largest absolute Gasteiger partial charge is 0.361 e. The molecule has 0 saturated carbocycles. The summed E-state index contributed by atoms with van der Waals surface area (Å²) in [5.41, 5.74) is 4.69. The van der Waals surface area contributed by atoms with Crippen molar-refractivity contribution < 1.29 is 0 Å². The van der Waals surface area contributed by atoms with Crippen LogP contribution in [-0.2, 0) is 0 Å². The minimum absolute atomic E-state index is 0.644. The van der Waals surface area contributed by atoms with E-state index in [0.717, 1.165) is 22.5 Å². The molecule has 1 aromatic carbocycles. The van der Waals surface area contributed by atoms with Crippen molar-refractivity contribution in [2.45, 2.75) is 0 Å². The second-order valence-electron chi connectivity index (χ2n) is 4.14. The van der Waals surface area contributed by atoms with Gasteiger partial charge < -0.3 is 4.98 Å². The fraction of sp³-hybridized carbons (Fsp3) is 0. The number of hydrogen-bond acceptors (Lipinski definition) is 1. The zero-order chi connectivity index (χ0) is 13.1. The van der Waals surface area contributed by atoms with E-state index in [0.29, 0.717) is 5.69 Å². The lowest BCUT2D eigenvalue weighted by Crippen LogP contribution is -1.91. The Morgan fingerprint density at radius 2 is 2.00 bits per heavy atom. The summed E-state index contributed by atoms with van der Waals surface area (Å²) < 4.78 is 0. The lowest BCUT2D eigenvalue weighted by molar-refractivity contribution is 1.32. The summed E-state index contributed by atoms with van der Waals surface area (Å²) in [6, 6.07) is 11.6. The summed E-state index contributed by atoms with van der Waals surface area (Å²) in [6.45, 7) is 7.00. The molecule has 2 aromatic rings. The molecule has 3 nitrogen and oxygen atoms in total. The lowest BCUT2D eigenvalue weighted by atomic mass is 10.0. The molecule has 1 aliphatic heterocycles. The van der Waals surface area contributed by atoms with Gasteiger partial charge in [-0.1, -0.05) is 24.3 Å². The summed E-state index contributed by atoms with van der Waals surface area (Å²) in [5.74, 6) is 0. The van der Waals surface area contributed by atoms with Crippen LogP contribution in [0.1, 0.15) is 11.3 Å². The third-order valence-electron chi connectivity index (χ3n) is 2.96. The van der Waals surface area contributed by atoms with Crippen LogP contribution in [-0.4, -0.2) is 11.2 Å². The van der Waals surface area contributed by atoms with Crippen molar-refractivity contribution in [1.82, 2.24) is 4.98 Å². The molecule has 0 bridgehead atoms. The fourth-order valence-corrected chi connectivity index (χ4v) is 2.08. The fourth-order valence-electron chi connectivity index (χ4n) is 2.08. The quantitative estimate of drug-likeness (QED) is 0.777. The molecular weight excluding hydrogens is 234 g/mol. The van der Waals surface area contributed by atoms with Crippen LogP contribution < -0.4 is 0 Å². The van der Waals surface area contributed by atoms with Gasteiger partial charge in [0.05, 0.1) is 12.3 Å². The molecule has 1 aromatic heterocycles. The average molecular weight is 245 g/mol. The van der Waals surface area contributed by atoms with Crippen LogP contribution in [0.4, 0.5) is 5.69 Å². The van der Waals surface area contributed by atoms with Crippen molar-refractivity contribution in [2.24, 2.45) is 4.99 Å². The number of aliphatic imine (C=N–C) groups is 1. The van der Waals surface area contributed by atoms with Crippen molar-refractivity contribution in [1.29, 1.82) is 0 Å². The third-order valence-corrected chi connectivity index (χ3v) is 2.96. The van der Waals surface area contributed by atoms with Gasteiger partial charge in [0, 0.05) is 23.7 Å². The Morgan fingerprint density at radius 1 is 1.16 bits per heavy atom. The van der Waals surface area contributed by atoms with Gasteiger partial charge >= 0.3 is 0 Å². The van der Waals surface area contributed by atoms with Gasteiger partial charge in [-0.3, -0.25) is 4.99 Å². The number of H-pyrrole nitrogens is 1. The Kier molecular flexibility index (Phi) is 2.83. The first kappa shape index (κ1) is 11.2. The van der Waals surface area contributed by atoms with Crippen LogP contribution in [0.3, 0.4) is 0 Å². The van der Waals surface area contributed by atoms with E-state index in [2.05, 4.69) is 14.8 Å². The molecule has 90 valence electrons. The summed E-state index contributed by atoms with van der Waals surface area (Å²) in [4.78, 5) is 11.0. The van der Waals surface area contributed by atoms with Gasteiger partial charge in [-0.05, 0) is 29.8 Å². The monoisotopic (exact) mass is 245 g/mol. The minimum Gasteiger partial charge on any atom is -0.361 e. The molecule has 1 N–H and O–H groups in total. The summed E-state index contributed by atoms with van der Waals surface area (Å²) in [5, 5.41) is 0. The van der Waals surface area contributed by atoms with Gasteiger partial charge in [-0.25, -0.2) is 4.85 Å². The zero-order valence-electron chi connectivity index (χ0n) is 10.2. The second kappa shape index (κ2) is 4.79. The van der Waals surface area contributed by atoms with Gasteiger partial charge in [-0.2, -0.15) is 0 Å². The van der Waals surface area contributed by atoms with Crippen LogP contribution in [0.5, 0.6) is 0 Å². The van der Waals surface area contributed by atoms with Gasteiger partial charge in [0.15, 0.2) is 5.69 Å². The third kappa shape index (κ3) is 2.12. The van der Waals surface area contributed by atoms with Crippen molar-refractivity contribution in [3.8, 4) is 0 Å². The molecule has 0 amide bonds. The van der Waals surface area contributed by atoms with Crippen LogP contribution >= 0.6 is 0 Å². The first-order valence-electron chi connectivity index (χ1n) is 5.95. The maximum atomic E-state index is 7.00. The van der Waals surface area contributed by atoms with Crippen LogP contribution in [0, 0.1) is 6.57 Å². The molecule has 3 rings (SSSR count). The summed E-state index contributed by atoms with van der Waals surface area (Å²) in [6.07, 6.45) is 7.59. The number of aromatic nitrogens is 1. The van der Waals surface area contributed by atoms with Crippen molar-refractivity contribution in [2.75, 3.05) is 0 Å². The van der Waals surface area contributed by atoms with Gasteiger partial charge in [0.2, 0.25) is 0 Å². The van der Waals surface area contributed by atoms with E-state index in [1.807, 2.05) is 54.7 Å². The molecular formula is C16H11N3. The Hall–Kier alpha value is -2.86. The molecule has 0 radical (unpaired) electrons. The highest BCUT2D eigenvalue weighted by Crippen LogP contribution is 2.29. The van der Waals surface area contributed by atoms with E-state index in [4.69, 9.17) is 6.57 Å². The Bertz CT molecular complexity index is 694. The first-order valence-corrected chi connectivity index (χ1v) is 5.95. The Morgan fingerprint density at radius 3 is 2.58 bits per heavy atom. The first-order chi connectivity index (χ1) is 9.38. The maximum absolute atomic E-state index is 7.00. The number of benzene rings is 1. The highest BCUT2D eigenvalue weighted by Gasteiger charge is 2.12. The van der Waals surface area contributed by atoms with Crippen LogP contribution in [0.2, 0.25) is 0 Å². The van der Waals surface area contributed by atoms with E-state index in [1.165, 1.54) is 0 Å². The Labute approximate surface area is 111 Å². The van der Waals surface area contributed by atoms with E-state index >= 15 is 0 Å². The predicted octanol–water partition coefficient (Wildman–Crippen LogP) is 3.97. The molecule has 0 atom stereocenters. The molecule has 0 fully saturated rings. The van der Waals surface area contributed by atoms with E-state index < -0.39 is 0 Å². The topological polar surface area (TPSA) is 32.5 Å². The van der Waals surface area contributed by atoms with Gasteiger partial charge in [0.1, 0.15) is 0 Å². The van der Waals surface area contributed by atoms with Crippen LogP contribution in [0.25, 0.3) is 10.4 Å². The second-order valence-corrected chi connectivity index (χ2v) is 4.14.